The SMILES string of the molecule is CCCCCCCCCCCCCCCCCCC(=O)OC[C@H](COC(=O)CCCCCCCCCCCCCC)OC(=O)CCCCCCCCCC(C)C. The minimum absolute atomic E-state index is 0.0638. The number of unbranched alkanes of at least 4 members (excludes halogenated alkanes) is 32. The smallest absolute Gasteiger partial charge is 0.306 e. The van der Waals surface area contributed by atoms with E-state index in [1.807, 2.05) is 0 Å². The van der Waals surface area contributed by atoms with Gasteiger partial charge in [0.2, 0.25) is 0 Å². The molecule has 0 heterocycles. The summed E-state index contributed by atoms with van der Waals surface area (Å²) in [5.41, 5.74) is 0. The van der Waals surface area contributed by atoms with E-state index in [0.717, 1.165) is 63.7 Å². The second-order valence-electron chi connectivity index (χ2n) is 17.6. The zero-order valence-corrected chi connectivity index (χ0v) is 38.1. The maximum atomic E-state index is 12.7. The number of carbonyl (C=O) groups excluding carboxylic acids is 3. The van der Waals surface area contributed by atoms with Gasteiger partial charge in [-0.1, -0.05) is 240 Å². The molecule has 0 aliphatic heterocycles. The molecule has 6 heteroatoms. The summed E-state index contributed by atoms with van der Waals surface area (Å²) in [7, 11) is 0. The van der Waals surface area contributed by atoms with E-state index in [-0.39, 0.29) is 31.1 Å². The van der Waals surface area contributed by atoms with Crippen LogP contribution in [0.4, 0.5) is 0 Å². The fraction of sp³-hybridized carbons (Fsp3) is 0.940. The molecule has 0 radical (unpaired) electrons. The van der Waals surface area contributed by atoms with Gasteiger partial charge < -0.3 is 14.2 Å². The van der Waals surface area contributed by atoms with Crippen molar-refractivity contribution in [2.24, 2.45) is 5.92 Å². The summed E-state index contributed by atoms with van der Waals surface area (Å²) in [5, 5.41) is 0. The number of rotatable bonds is 45. The molecule has 56 heavy (non-hydrogen) atoms. The summed E-state index contributed by atoms with van der Waals surface area (Å²) < 4.78 is 16.8. The molecule has 0 aromatic rings. The first-order valence-electron chi connectivity index (χ1n) is 24.9. The topological polar surface area (TPSA) is 78.9 Å². The van der Waals surface area contributed by atoms with Gasteiger partial charge in [-0.05, 0) is 25.2 Å². The van der Waals surface area contributed by atoms with Crippen molar-refractivity contribution < 1.29 is 28.6 Å². The minimum atomic E-state index is -0.760. The molecule has 0 rings (SSSR count). The van der Waals surface area contributed by atoms with E-state index in [2.05, 4.69) is 27.7 Å². The Morgan fingerprint density at radius 1 is 0.339 bits per heavy atom. The molecule has 0 saturated heterocycles. The maximum Gasteiger partial charge on any atom is 0.306 e. The van der Waals surface area contributed by atoms with Gasteiger partial charge in [0.05, 0.1) is 0 Å². The fourth-order valence-electron chi connectivity index (χ4n) is 7.51. The Bertz CT molecular complexity index is 841. The van der Waals surface area contributed by atoms with E-state index < -0.39 is 6.10 Å². The highest BCUT2D eigenvalue weighted by atomic mass is 16.6. The number of ether oxygens (including phenoxy) is 3. The first-order valence-corrected chi connectivity index (χ1v) is 24.9. The summed E-state index contributed by atoms with van der Waals surface area (Å²) in [6.07, 6.45) is 45.2. The lowest BCUT2D eigenvalue weighted by Gasteiger charge is -2.18. The Hall–Kier alpha value is -1.59. The van der Waals surface area contributed by atoms with E-state index in [0.29, 0.717) is 19.3 Å². The molecule has 0 aromatic carbocycles. The first-order chi connectivity index (χ1) is 27.4. The number of esters is 3. The molecule has 0 aliphatic rings. The van der Waals surface area contributed by atoms with E-state index in [4.69, 9.17) is 14.2 Å². The van der Waals surface area contributed by atoms with Crippen LogP contribution in [0.3, 0.4) is 0 Å². The minimum Gasteiger partial charge on any atom is -0.462 e. The standard InChI is InChI=1S/C50H96O6/c1-5-7-9-11-13-15-17-19-20-21-22-24-26-30-34-38-42-49(52)55-45-47(56-50(53)43-39-35-31-27-28-32-36-40-46(3)4)44-54-48(51)41-37-33-29-25-23-18-16-14-12-10-8-6-2/h46-47H,5-45H2,1-4H3/t47-/m0/s1. The molecule has 0 bridgehead atoms. The number of carbonyl (C=O) groups is 3. The highest BCUT2D eigenvalue weighted by Gasteiger charge is 2.19. The summed E-state index contributed by atoms with van der Waals surface area (Å²) in [6, 6.07) is 0. The van der Waals surface area contributed by atoms with E-state index in [1.165, 1.54) is 173 Å². The molecule has 6 nitrogen and oxygen atoms in total. The Morgan fingerprint density at radius 3 is 0.875 bits per heavy atom. The molecule has 0 spiro atoms. The number of hydrogen-bond acceptors (Lipinski definition) is 6. The van der Waals surface area contributed by atoms with Crippen LogP contribution in [0.15, 0.2) is 0 Å². The van der Waals surface area contributed by atoms with Crippen LogP contribution in [0, 0.1) is 5.92 Å². The highest BCUT2D eigenvalue weighted by Crippen LogP contribution is 2.17. The third-order valence-electron chi connectivity index (χ3n) is 11.3. The molecule has 0 amide bonds. The van der Waals surface area contributed by atoms with Crippen LogP contribution in [-0.4, -0.2) is 37.2 Å². The number of hydrogen-bond donors (Lipinski definition) is 0. The first kappa shape index (κ1) is 54.4. The van der Waals surface area contributed by atoms with Crippen molar-refractivity contribution in [3.05, 3.63) is 0 Å². The van der Waals surface area contributed by atoms with Crippen molar-refractivity contribution in [1.82, 2.24) is 0 Å². The third kappa shape index (κ3) is 43.5. The second kappa shape index (κ2) is 44.5. The molecule has 0 unspecified atom stereocenters. The highest BCUT2D eigenvalue weighted by molar-refractivity contribution is 5.71. The van der Waals surface area contributed by atoms with Crippen molar-refractivity contribution in [1.29, 1.82) is 0 Å². The van der Waals surface area contributed by atoms with Crippen LogP contribution in [0.5, 0.6) is 0 Å². The van der Waals surface area contributed by atoms with E-state index >= 15 is 0 Å². The molecular weight excluding hydrogens is 697 g/mol. The molecule has 0 saturated carbocycles. The lowest BCUT2D eigenvalue weighted by atomic mass is 10.0. The van der Waals surface area contributed by atoms with Crippen molar-refractivity contribution >= 4 is 17.9 Å². The van der Waals surface area contributed by atoms with Gasteiger partial charge in [-0.15, -0.1) is 0 Å². The van der Waals surface area contributed by atoms with Crippen molar-refractivity contribution in [3.8, 4) is 0 Å². The van der Waals surface area contributed by atoms with Gasteiger partial charge in [0, 0.05) is 19.3 Å². The largest absolute Gasteiger partial charge is 0.462 e. The molecule has 1 atom stereocenters. The summed E-state index contributed by atoms with van der Waals surface area (Å²) in [6.45, 7) is 8.97. The molecule has 0 N–H and O–H groups in total. The average molecular weight is 793 g/mol. The predicted molar refractivity (Wildman–Crippen MR) is 238 cm³/mol. The molecule has 0 aliphatic carbocycles. The summed E-state index contributed by atoms with van der Waals surface area (Å²) >= 11 is 0. The van der Waals surface area contributed by atoms with Gasteiger partial charge in [-0.25, -0.2) is 0 Å². The van der Waals surface area contributed by atoms with Crippen molar-refractivity contribution in [2.75, 3.05) is 13.2 Å². The van der Waals surface area contributed by atoms with E-state index in [1.54, 1.807) is 0 Å². The normalized spacial score (nSPS) is 11.9. The lowest BCUT2D eigenvalue weighted by Crippen LogP contribution is -2.30. The zero-order valence-electron chi connectivity index (χ0n) is 38.1. The lowest BCUT2D eigenvalue weighted by molar-refractivity contribution is -0.167. The van der Waals surface area contributed by atoms with Crippen LogP contribution in [0.2, 0.25) is 0 Å². The predicted octanol–water partition coefficient (Wildman–Crippen LogP) is 15.9. The molecular formula is C50H96O6. The van der Waals surface area contributed by atoms with Crippen molar-refractivity contribution in [2.45, 2.75) is 284 Å². The van der Waals surface area contributed by atoms with Crippen molar-refractivity contribution in [3.63, 3.8) is 0 Å². The van der Waals surface area contributed by atoms with Crippen LogP contribution >= 0.6 is 0 Å². The summed E-state index contributed by atoms with van der Waals surface area (Å²) in [5.74, 6) is -0.0730. The van der Waals surface area contributed by atoms with E-state index in [9.17, 15) is 14.4 Å². The summed E-state index contributed by atoms with van der Waals surface area (Å²) in [4.78, 5) is 37.8. The van der Waals surface area contributed by atoms with Gasteiger partial charge in [0.1, 0.15) is 13.2 Å². The quantitative estimate of drug-likeness (QED) is 0.0347. The van der Waals surface area contributed by atoms with Crippen LogP contribution in [0.25, 0.3) is 0 Å². The zero-order chi connectivity index (χ0) is 41.0. The Labute approximate surface area is 348 Å². The Balaban J connectivity index is 4.27. The Kier molecular flexibility index (Phi) is 43.2. The second-order valence-corrected chi connectivity index (χ2v) is 17.6. The molecule has 0 fully saturated rings. The van der Waals surface area contributed by atoms with Crippen LogP contribution < -0.4 is 0 Å². The Morgan fingerprint density at radius 2 is 0.589 bits per heavy atom. The van der Waals surface area contributed by atoms with Crippen LogP contribution in [-0.2, 0) is 28.6 Å². The van der Waals surface area contributed by atoms with Gasteiger partial charge in [0.15, 0.2) is 6.10 Å². The maximum absolute atomic E-state index is 12.7. The average Bonchev–Trinajstić information content (AvgIpc) is 3.18. The molecule has 0 aromatic heterocycles. The van der Waals surface area contributed by atoms with Gasteiger partial charge >= 0.3 is 17.9 Å². The van der Waals surface area contributed by atoms with Gasteiger partial charge in [0.25, 0.3) is 0 Å². The molecule has 332 valence electrons. The van der Waals surface area contributed by atoms with Gasteiger partial charge in [-0.3, -0.25) is 14.4 Å². The fourth-order valence-corrected chi connectivity index (χ4v) is 7.51. The monoisotopic (exact) mass is 793 g/mol. The van der Waals surface area contributed by atoms with Crippen LogP contribution in [0.1, 0.15) is 278 Å². The van der Waals surface area contributed by atoms with Gasteiger partial charge in [-0.2, -0.15) is 0 Å². The third-order valence-corrected chi connectivity index (χ3v) is 11.3.